The topological polar surface area (TPSA) is 18.5 Å². The Morgan fingerprint density at radius 3 is 2.58 bits per heavy atom. The average Bonchev–Trinajstić information content (AvgIpc) is 2.73. The van der Waals surface area contributed by atoms with E-state index >= 15 is 0 Å². The molecule has 0 spiro atoms. The molecular weight excluding hydrogens is 325 g/mol. The molecule has 7 heteroatoms. The van der Waals surface area contributed by atoms with Crippen LogP contribution in [0.5, 0.6) is 0 Å². The van der Waals surface area contributed by atoms with Crippen molar-refractivity contribution in [2.75, 3.05) is 46.3 Å². The minimum atomic E-state index is 0. The van der Waals surface area contributed by atoms with E-state index in [2.05, 4.69) is 28.2 Å². The van der Waals surface area contributed by atoms with E-state index in [-0.39, 0.29) is 24.8 Å². The van der Waals surface area contributed by atoms with E-state index in [9.17, 15) is 0 Å². The summed E-state index contributed by atoms with van der Waals surface area (Å²) in [5.74, 6) is 0. The van der Waals surface area contributed by atoms with E-state index in [0.29, 0.717) is 0 Å². The van der Waals surface area contributed by atoms with Crippen LogP contribution in [0.1, 0.15) is 4.88 Å². The van der Waals surface area contributed by atoms with Crippen molar-refractivity contribution < 1.29 is 0 Å². The standard InChI is InChI=1S/C12H20ClN3S.2ClH/c1-15(10-11-2-3-12(13)17-11)8-9-16-6-4-14-5-7-16;;/h2-3,14H,4-10H2,1H3;2*1H. The molecule has 0 amide bonds. The Kier molecular flexibility index (Phi) is 10.5. The third-order valence-electron chi connectivity index (χ3n) is 3.06. The Morgan fingerprint density at radius 1 is 1.32 bits per heavy atom. The smallest absolute Gasteiger partial charge is 0.0931 e. The predicted octanol–water partition coefficient (Wildman–Crippen LogP) is 2.58. The molecule has 1 N–H and O–H groups in total. The van der Waals surface area contributed by atoms with E-state index in [1.165, 1.54) is 18.0 Å². The van der Waals surface area contributed by atoms with Crippen molar-refractivity contribution >= 4 is 47.8 Å². The van der Waals surface area contributed by atoms with Gasteiger partial charge in [0.15, 0.2) is 0 Å². The van der Waals surface area contributed by atoms with Gasteiger partial charge in [0.1, 0.15) is 0 Å². The number of halogens is 3. The lowest BCUT2D eigenvalue weighted by molar-refractivity contribution is 0.203. The minimum Gasteiger partial charge on any atom is -0.314 e. The van der Waals surface area contributed by atoms with Crippen LogP contribution in [-0.2, 0) is 6.54 Å². The molecule has 1 saturated heterocycles. The van der Waals surface area contributed by atoms with Gasteiger partial charge in [-0.3, -0.25) is 4.90 Å². The summed E-state index contributed by atoms with van der Waals surface area (Å²) in [6, 6.07) is 4.10. The van der Waals surface area contributed by atoms with Crippen molar-refractivity contribution in [2.45, 2.75) is 6.54 Å². The summed E-state index contributed by atoms with van der Waals surface area (Å²) < 4.78 is 0.885. The number of nitrogens with zero attached hydrogens (tertiary/aromatic N) is 2. The fourth-order valence-electron chi connectivity index (χ4n) is 2.03. The molecule has 1 aliphatic heterocycles. The van der Waals surface area contributed by atoms with Gasteiger partial charge in [-0.1, -0.05) is 11.6 Å². The molecule has 0 aliphatic carbocycles. The van der Waals surface area contributed by atoms with Crippen LogP contribution in [0.4, 0.5) is 0 Å². The molecule has 0 aromatic carbocycles. The molecule has 1 aromatic heterocycles. The van der Waals surface area contributed by atoms with Crippen molar-refractivity contribution in [3.8, 4) is 0 Å². The molecule has 0 bridgehead atoms. The molecule has 0 unspecified atom stereocenters. The molecule has 2 rings (SSSR count). The van der Waals surface area contributed by atoms with Gasteiger partial charge in [0.25, 0.3) is 0 Å². The van der Waals surface area contributed by atoms with Crippen LogP contribution in [0.15, 0.2) is 12.1 Å². The van der Waals surface area contributed by atoms with Gasteiger partial charge in [0, 0.05) is 50.7 Å². The molecule has 0 atom stereocenters. The minimum absolute atomic E-state index is 0. The van der Waals surface area contributed by atoms with Crippen LogP contribution < -0.4 is 5.32 Å². The third kappa shape index (κ3) is 7.14. The molecular formula is C12H22Cl3N3S. The summed E-state index contributed by atoms with van der Waals surface area (Å²) in [6.45, 7) is 7.90. The van der Waals surface area contributed by atoms with Crippen LogP contribution in [0.3, 0.4) is 0 Å². The monoisotopic (exact) mass is 345 g/mol. The maximum atomic E-state index is 5.93. The Morgan fingerprint density at radius 2 is 2.00 bits per heavy atom. The first-order valence-corrected chi connectivity index (χ1v) is 7.29. The van der Waals surface area contributed by atoms with Gasteiger partial charge < -0.3 is 10.2 Å². The zero-order valence-corrected chi connectivity index (χ0v) is 14.3. The zero-order valence-electron chi connectivity index (χ0n) is 11.1. The van der Waals surface area contributed by atoms with Gasteiger partial charge >= 0.3 is 0 Å². The zero-order chi connectivity index (χ0) is 12.1. The van der Waals surface area contributed by atoms with Gasteiger partial charge in [-0.05, 0) is 19.2 Å². The lowest BCUT2D eigenvalue weighted by Crippen LogP contribution is -2.45. The summed E-state index contributed by atoms with van der Waals surface area (Å²) in [4.78, 5) is 6.23. The molecule has 19 heavy (non-hydrogen) atoms. The highest BCUT2D eigenvalue weighted by Gasteiger charge is 2.10. The molecule has 0 radical (unpaired) electrons. The van der Waals surface area contributed by atoms with E-state index in [1.54, 1.807) is 11.3 Å². The van der Waals surface area contributed by atoms with Crippen molar-refractivity contribution in [2.24, 2.45) is 0 Å². The highest BCUT2D eigenvalue weighted by molar-refractivity contribution is 7.16. The third-order valence-corrected chi connectivity index (χ3v) is 4.28. The highest BCUT2D eigenvalue weighted by atomic mass is 35.5. The Bertz CT molecular complexity index is 343. The number of likely N-dealkylation sites (N-methyl/N-ethyl adjacent to an activating group) is 1. The fraction of sp³-hybridized carbons (Fsp3) is 0.667. The van der Waals surface area contributed by atoms with Crippen molar-refractivity contribution in [3.05, 3.63) is 21.3 Å². The molecule has 1 fully saturated rings. The maximum absolute atomic E-state index is 5.93. The number of nitrogens with one attached hydrogen (secondary N) is 1. The second kappa shape index (κ2) is 10.2. The largest absolute Gasteiger partial charge is 0.314 e. The quantitative estimate of drug-likeness (QED) is 0.884. The number of hydrogen-bond donors (Lipinski definition) is 1. The second-order valence-corrected chi connectivity index (χ2v) is 6.33. The summed E-state index contributed by atoms with van der Waals surface area (Å²) >= 11 is 7.61. The Labute approximate surface area is 137 Å². The average molecular weight is 347 g/mol. The van der Waals surface area contributed by atoms with Gasteiger partial charge in [-0.25, -0.2) is 0 Å². The van der Waals surface area contributed by atoms with Crippen LogP contribution in [0.2, 0.25) is 4.34 Å². The van der Waals surface area contributed by atoms with Crippen LogP contribution in [0, 0.1) is 0 Å². The van der Waals surface area contributed by atoms with Crippen molar-refractivity contribution in [1.29, 1.82) is 0 Å². The molecule has 2 heterocycles. The predicted molar refractivity (Wildman–Crippen MR) is 89.5 cm³/mol. The van der Waals surface area contributed by atoms with Gasteiger partial charge in [-0.15, -0.1) is 36.2 Å². The van der Waals surface area contributed by atoms with Gasteiger partial charge in [-0.2, -0.15) is 0 Å². The van der Waals surface area contributed by atoms with E-state index < -0.39 is 0 Å². The normalized spacial score (nSPS) is 15.9. The number of piperazine rings is 1. The Balaban J connectivity index is 0.00000162. The summed E-state index contributed by atoms with van der Waals surface area (Å²) in [7, 11) is 2.18. The summed E-state index contributed by atoms with van der Waals surface area (Å²) in [6.07, 6.45) is 0. The number of thiophene rings is 1. The van der Waals surface area contributed by atoms with E-state index in [1.807, 2.05) is 6.07 Å². The lowest BCUT2D eigenvalue weighted by atomic mass is 10.3. The van der Waals surface area contributed by atoms with Crippen LogP contribution in [-0.4, -0.2) is 56.1 Å². The first-order valence-electron chi connectivity index (χ1n) is 6.10. The van der Waals surface area contributed by atoms with Crippen LogP contribution >= 0.6 is 47.8 Å². The van der Waals surface area contributed by atoms with Gasteiger partial charge in [0.05, 0.1) is 4.34 Å². The molecule has 112 valence electrons. The SMILES string of the molecule is CN(CCN1CCNCC1)Cc1ccc(Cl)s1.Cl.Cl. The summed E-state index contributed by atoms with van der Waals surface area (Å²) in [5, 5.41) is 3.38. The molecule has 0 saturated carbocycles. The first kappa shape index (κ1) is 19.4. The summed E-state index contributed by atoms with van der Waals surface area (Å²) in [5.41, 5.74) is 0. The molecule has 1 aliphatic rings. The number of rotatable bonds is 5. The fourth-order valence-corrected chi connectivity index (χ4v) is 3.20. The molecule has 1 aromatic rings. The Hall–Kier alpha value is 0.450. The maximum Gasteiger partial charge on any atom is 0.0931 e. The number of hydrogen-bond acceptors (Lipinski definition) is 4. The van der Waals surface area contributed by atoms with E-state index in [0.717, 1.165) is 37.1 Å². The second-order valence-electron chi connectivity index (χ2n) is 4.54. The van der Waals surface area contributed by atoms with Gasteiger partial charge in [0.2, 0.25) is 0 Å². The molecule has 3 nitrogen and oxygen atoms in total. The highest BCUT2D eigenvalue weighted by Crippen LogP contribution is 2.22. The first-order chi connectivity index (χ1) is 8.24. The van der Waals surface area contributed by atoms with Crippen LogP contribution in [0.25, 0.3) is 0 Å². The van der Waals surface area contributed by atoms with Crippen molar-refractivity contribution in [3.63, 3.8) is 0 Å². The lowest BCUT2D eigenvalue weighted by Gasteiger charge is -2.28. The van der Waals surface area contributed by atoms with Crippen molar-refractivity contribution in [1.82, 2.24) is 15.1 Å². The van der Waals surface area contributed by atoms with E-state index in [4.69, 9.17) is 11.6 Å².